The van der Waals surface area contributed by atoms with Gasteiger partial charge in [0.15, 0.2) is 5.96 Å². The number of rotatable bonds is 8. The average Bonchev–Trinajstić information content (AvgIpc) is 2.67. The van der Waals surface area contributed by atoms with E-state index in [1.54, 1.807) is 0 Å². The number of nitrogens with zero attached hydrogens (tertiary/aromatic N) is 2. The average molecular weight is 375 g/mol. The monoisotopic (exact) mass is 374 g/mol. The highest BCUT2D eigenvalue weighted by Gasteiger charge is 2.23. The van der Waals surface area contributed by atoms with E-state index < -0.39 is 5.60 Å². The maximum absolute atomic E-state index is 10.5. The van der Waals surface area contributed by atoms with E-state index in [0.29, 0.717) is 12.6 Å². The summed E-state index contributed by atoms with van der Waals surface area (Å²) in [6, 6.07) is 9.23. The Morgan fingerprint density at radius 2 is 1.93 bits per heavy atom. The Morgan fingerprint density at radius 3 is 2.52 bits per heavy atom. The van der Waals surface area contributed by atoms with Gasteiger partial charge < -0.3 is 15.7 Å². The molecular formula is C22H38N4O. The van der Waals surface area contributed by atoms with Crippen LogP contribution in [-0.4, -0.2) is 53.8 Å². The molecule has 5 nitrogen and oxygen atoms in total. The number of piperidine rings is 1. The van der Waals surface area contributed by atoms with E-state index in [0.717, 1.165) is 57.8 Å². The molecule has 0 radical (unpaired) electrons. The highest BCUT2D eigenvalue weighted by Crippen LogP contribution is 2.16. The van der Waals surface area contributed by atoms with Crippen molar-refractivity contribution in [3.8, 4) is 0 Å². The number of likely N-dealkylation sites (tertiary alicyclic amines) is 1. The molecule has 1 fully saturated rings. The van der Waals surface area contributed by atoms with Crippen LogP contribution in [0.1, 0.15) is 57.6 Å². The Bertz CT molecular complexity index is 590. The summed E-state index contributed by atoms with van der Waals surface area (Å²) in [7, 11) is 0. The van der Waals surface area contributed by atoms with E-state index in [1.165, 1.54) is 11.1 Å². The summed E-state index contributed by atoms with van der Waals surface area (Å²) in [6.45, 7) is 12.8. The van der Waals surface area contributed by atoms with Gasteiger partial charge in [0, 0.05) is 32.2 Å². The molecule has 1 aliphatic heterocycles. The van der Waals surface area contributed by atoms with Crippen molar-refractivity contribution in [3.05, 3.63) is 35.4 Å². The van der Waals surface area contributed by atoms with Gasteiger partial charge in [0.2, 0.25) is 0 Å². The molecule has 1 aromatic rings. The number of benzene rings is 1. The van der Waals surface area contributed by atoms with Crippen LogP contribution in [0.4, 0.5) is 0 Å². The van der Waals surface area contributed by atoms with Crippen molar-refractivity contribution in [2.45, 2.75) is 71.6 Å². The van der Waals surface area contributed by atoms with Crippen molar-refractivity contribution in [2.75, 3.05) is 26.2 Å². The van der Waals surface area contributed by atoms with Gasteiger partial charge in [-0.05, 0) is 45.1 Å². The zero-order chi connectivity index (χ0) is 19.7. The van der Waals surface area contributed by atoms with Gasteiger partial charge in [-0.1, -0.05) is 43.7 Å². The first-order valence-corrected chi connectivity index (χ1v) is 10.5. The number of hydrogen-bond acceptors (Lipinski definition) is 3. The molecule has 0 spiro atoms. The predicted molar refractivity (Wildman–Crippen MR) is 114 cm³/mol. The normalized spacial score (nSPS) is 17.1. The molecule has 5 heteroatoms. The molecule has 2 rings (SSSR count). The Hall–Kier alpha value is -1.59. The van der Waals surface area contributed by atoms with E-state index in [1.807, 2.05) is 13.8 Å². The SMILES string of the molecule is CCNC(=NCC(O)(CC)CC)NC1CCN(Cc2cccc(C)c2)CC1. The first-order chi connectivity index (χ1) is 13.0. The predicted octanol–water partition coefficient (Wildman–Crippen LogP) is 3.07. The minimum absolute atomic E-state index is 0.438. The molecule has 0 bridgehead atoms. The van der Waals surface area contributed by atoms with Crippen LogP contribution in [0.2, 0.25) is 0 Å². The van der Waals surface area contributed by atoms with Crippen LogP contribution < -0.4 is 10.6 Å². The topological polar surface area (TPSA) is 59.9 Å². The summed E-state index contributed by atoms with van der Waals surface area (Å²) >= 11 is 0. The third-order valence-electron chi connectivity index (χ3n) is 5.61. The molecule has 0 aliphatic carbocycles. The third kappa shape index (κ3) is 7.15. The highest BCUT2D eigenvalue weighted by atomic mass is 16.3. The van der Waals surface area contributed by atoms with Gasteiger partial charge in [-0.15, -0.1) is 0 Å². The Labute approximate surface area is 165 Å². The standard InChI is InChI=1S/C22H38N4O/c1-5-22(27,6-2)17-24-21(23-7-3)25-20-11-13-26(14-12-20)16-19-10-8-9-18(4)15-19/h8-10,15,20,27H,5-7,11-14,16-17H2,1-4H3,(H2,23,24,25). The maximum Gasteiger partial charge on any atom is 0.191 e. The Kier molecular flexibility index (Phi) is 8.58. The number of aryl methyl sites for hydroxylation is 1. The first-order valence-electron chi connectivity index (χ1n) is 10.5. The summed E-state index contributed by atoms with van der Waals surface area (Å²) in [5.74, 6) is 0.829. The summed E-state index contributed by atoms with van der Waals surface area (Å²) in [6.07, 6.45) is 3.68. The highest BCUT2D eigenvalue weighted by molar-refractivity contribution is 5.80. The maximum atomic E-state index is 10.5. The second-order valence-corrected chi connectivity index (χ2v) is 7.81. The molecule has 1 heterocycles. The first kappa shape index (κ1) is 21.7. The van der Waals surface area contributed by atoms with E-state index in [-0.39, 0.29) is 0 Å². The van der Waals surface area contributed by atoms with E-state index in [2.05, 4.69) is 58.6 Å². The largest absolute Gasteiger partial charge is 0.388 e. The smallest absolute Gasteiger partial charge is 0.191 e. The molecule has 0 amide bonds. The van der Waals surface area contributed by atoms with Gasteiger partial charge >= 0.3 is 0 Å². The summed E-state index contributed by atoms with van der Waals surface area (Å²) in [5, 5.41) is 17.4. The van der Waals surface area contributed by atoms with Crippen LogP contribution in [0.25, 0.3) is 0 Å². The molecular weight excluding hydrogens is 336 g/mol. The van der Waals surface area contributed by atoms with E-state index >= 15 is 0 Å². The summed E-state index contributed by atoms with van der Waals surface area (Å²) < 4.78 is 0. The molecule has 27 heavy (non-hydrogen) atoms. The number of hydrogen-bond donors (Lipinski definition) is 3. The molecule has 0 unspecified atom stereocenters. The lowest BCUT2D eigenvalue weighted by Crippen LogP contribution is -2.49. The second kappa shape index (κ2) is 10.7. The van der Waals surface area contributed by atoms with Gasteiger partial charge in [0.05, 0.1) is 12.1 Å². The lowest BCUT2D eigenvalue weighted by Gasteiger charge is -2.33. The lowest BCUT2D eigenvalue weighted by molar-refractivity contribution is 0.0417. The van der Waals surface area contributed by atoms with Crippen LogP contribution in [-0.2, 0) is 6.54 Å². The molecule has 0 saturated carbocycles. The lowest BCUT2D eigenvalue weighted by atomic mass is 9.98. The van der Waals surface area contributed by atoms with Crippen LogP contribution in [0.3, 0.4) is 0 Å². The zero-order valence-electron chi connectivity index (χ0n) is 17.6. The number of guanidine groups is 1. The molecule has 1 saturated heterocycles. The molecule has 1 aromatic carbocycles. The fraction of sp³-hybridized carbons (Fsp3) is 0.682. The van der Waals surface area contributed by atoms with Crippen molar-refractivity contribution in [2.24, 2.45) is 4.99 Å². The van der Waals surface area contributed by atoms with Crippen molar-refractivity contribution in [3.63, 3.8) is 0 Å². The summed E-state index contributed by atoms with van der Waals surface area (Å²) in [4.78, 5) is 7.18. The van der Waals surface area contributed by atoms with Gasteiger partial charge in [-0.3, -0.25) is 9.89 Å². The van der Waals surface area contributed by atoms with Crippen molar-refractivity contribution < 1.29 is 5.11 Å². The fourth-order valence-electron chi connectivity index (χ4n) is 3.52. The van der Waals surface area contributed by atoms with Crippen molar-refractivity contribution in [1.82, 2.24) is 15.5 Å². The zero-order valence-corrected chi connectivity index (χ0v) is 17.6. The van der Waals surface area contributed by atoms with Gasteiger partial charge in [0.25, 0.3) is 0 Å². The van der Waals surface area contributed by atoms with Gasteiger partial charge in [0.1, 0.15) is 0 Å². The number of aliphatic imine (C=N–C) groups is 1. The minimum atomic E-state index is -0.695. The van der Waals surface area contributed by atoms with Crippen LogP contribution >= 0.6 is 0 Å². The Balaban J connectivity index is 1.84. The minimum Gasteiger partial charge on any atom is -0.388 e. The molecule has 152 valence electrons. The van der Waals surface area contributed by atoms with Crippen molar-refractivity contribution in [1.29, 1.82) is 0 Å². The van der Waals surface area contributed by atoms with E-state index in [9.17, 15) is 5.11 Å². The number of nitrogens with one attached hydrogen (secondary N) is 2. The molecule has 0 atom stereocenters. The second-order valence-electron chi connectivity index (χ2n) is 7.81. The number of aliphatic hydroxyl groups is 1. The van der Waals surface area contributed by atoms with Crippen molar-refractivity contribution >= 4 is 5.96 Å². The van der Waals surface area contributed by atoms with Crippen LogP contribution in [0, 0.1) is 6.92 Å². The summed E-state index contributed by atoms with van der Waals surface area (Å²) in [5.41, 5.74) is 2.03. The molecule has 3 N–H and O–H groups in total. The molecule has 0 aromatic heterocycles. The quantitative estimate of drug-likeness (QED) is 0.483. The molecule has 1 aliphatic rings. The Morgan fingerprint density at radius 1 is 1.22 bits per heavy atom. The fourth-order valence-corrected chi connectivity index (χ4v) is 3.52. The van der Waals surface area contributed by atoms with Gasteiger partial charge in [-0.25, -0.2) is 0 Å². The third-order valence-corrected chi connectivity index (χ3v) is 5.61. The van der Waals surface area contributed by atoms with Gasteiger partial charge in [-0.2, -0.15) is 0 Å². The van der Waals surface area contributed by atoms with Crippen LogP contribution in [0.15, 0.2) is 29.3 Å². The van der Waals surface area contributed by atoms with Crippen LogP contribution in [0.5, 0.6) is 0 Å². The van der Waals surface area contributed by atoms with E-state index in [4.69, 9.17) is 0 Å².